The van der Waals surface area contributed by atoms with E-state index >= 15 is 0 Å². The van der Waals surface area contributed by atoms with Gasteiger partial charge in [0.05, 0.1) is 11.0 Å². The first-order valence-corrected chi connectivity index (χ1v) is 16.0. The summed E-state index contributed by atoms with van der Waals surface area (Å²) in [5.74, 6) is -0.479. The number of hydrogen-bond acceptors (Lipinski definition) is 5. The van der Waals surface area contributed by atoms with E-state index in [1.807, 2.05) is 56.3 Å². The molecule has 0 spiro atoms. The molecule has 0 aliphatic rings. The van der Waals surface area contributed by atoms with Crippen molar-refractivity contribution in [2.24, 2.45) is 0 Å². The molecule has 3 aromatic rings. The Morgan fingerprint density at radius 3 is 2.19 bits per heavy atom. The second-order valence-corrected chi connectivity index (χ2v) is 12.4. The van der Waals surface area contributed by atoms with Crippen molar-refractivity contribution in [3.63, 3.8) is 0 Å². The van der Waals surface area contributed by atoms with Gasteiger partial charge in [-0.15, -0.1) is 0 Å². The van der Waals surface area contributed by atoms with E-state index in [-0.39, 0.29) is 35.8 Å². The SMILES string of the molecule is CCNS(=O)(=O)c1ccc(CCC(=O)N(Cc2ccc(Cl)cc2)[C@@H](C(=O)NCCCOC(C)C)c2ccccc2)cc1. The van der Waals surface area contributed by atoms with Gasteiger partial charge in [0.2, 0.25) is 21.8 Å². The van der Waals surface area contributed by atoms with Gasteiger partial charge in [-0.25, -0.2) is 13.1 Å². The van der Waals surface area contributed by atoms with Gasteiger partial charge in [0.25, 0.3) is 0 Å². The number of sulfonamides is 1. The maximum absolute atomic E-state index is 13.9. The Bertz CT molecular complexity index is 1380. The normalized spacial score (nSPS) is 12.2. The minimum absolute atomic E-state index is 0.110. The fourth-order valence-corrected chi connectivity index (χ4v) is 5.59. The van der Waals surface area contributed by atoms with Crippen molar-refractivity contribution in [1.82, 2.24) is 14.9 Å². The van der Waals surface area contributed by atoms with Gasteiger partial charge in [-0.3, -0.25) is 9.59 Å². The van der Waals surface area contributed by atoms with Crippen molar-refractivity contribution in [3.05, 3.63) is 101 Å². The number of carbonyl (C=O) groups excluding carboxylic acids is 2. The number of nitrogens with one attached hydrogen (secondary N) is 2. The lowest BCUT2D eigenvalue weighted by Crippen LogP contribution is -2.44. The van der Waals surface area contributed by atoms with Gasteiger partial charge in [-0.2, -0.15) is 0 Å². The van der Waals surface area contributed by atoms with Crippen LogP contribution in [0.25, 0.3) is 0 Å². The molecule has 42 heavy (non-hydrogen) atoms. The standard InChI is InChI=1S/C32H40ClN3O5S/c1-4-35-42(39,40)29-18-13-25(14-19-29)15-20-30(37)36(23-26-11-16-28(33)17-12-26)31(27-9-6-5-7-10-27)32(38)34-21-8-22-41-24(2)3/h5-7,9-14,16-19,24,31,35H,4,8,15,20-23H2,1-3H3,(H,34,38)/t31-/m1/s1. The summed E-state index contributed by atoms with van der Waals surface area (Å²) < 4.78 is 32.6. The molecule has 1 atom stereocenters. The number of benzene rings is 3. The van der Waals surface area contributed by atoms with E-state index < -0.39 is 16.1 Å². The predicted octanol–water partition coefficient (Wildman–Crippen LogP) is 5.27. The number of halogens is 1. The Kier molecular flexibility index (Phi) is 13.0. The Morgan fingerprint density at radius 1 is 0.929 bits per heavy atom. The first-order valence-electron chi connectivity index (χ1n) is 14.2. The van der Waals surface area contributed by atoms with Gasteiger partial charge in [0.1, 0.15) is 6.04 Å². The number of hydrogen-bond donors (Lipinski definition) is 2. The van der Waals surface area contributed by atoms with Crippen LogP contribution < -0.4 is 10.0 Å². The van der Waals surface area contributed by atoms with Crippen molar-refractivity contribution < 1.29 is 22.7 Å². The zero-order valence-electron chi connectivity index (χ0n) is 24.4. The van der Waals surface area contributed by atoms with Crippen LogP contribution in [0.1, 0.15) is 56.3 Å². The molecule has 0 saturated heterocycles. The molecule has 10 heteroatoms. The van der Waals surface area contributed by atoms with Crippen LogP contribution in [0.3, 0.4) is 0 Å². The van der Waals surface area contributed by atoms with Gasteiger partial charge < -0.3 is 15.0 Å². The molecule has 226 valence electrons. The number of rotatable bonds is 16. The predicted molar refractivity (Wildman–Crippen MR) is 166 cm³/mol. The summed E-state index contributed by atoms with van der Waals surface area (Å²) in [5, 5.41) is 3.57. The lowest BCUT2D eigenvalue weighted by atomic mass is 10.0. The van der Waals surface area contributed by atoms with Crippen LogP contribution in [-0.2, 0) is 37.3 Å². The van der Waals surface area contributed by atoms with Crippen LogP contribution >= 0.6 is 11.6 Å². The highest BCUT2D eigenvalue weighted by Crippen LogP contribution is 2.26. The van der Waals surface area contributed by atoms with Gasteiger partial charge in [0.15, 0.2) is 0 Å². The monoisotopic (exact) mass is 613 g/mol. The summed E-state index contributed by atoms with van der Waals surface area (Å²) in [6.45, 7) is 7.09. The molecule has 2 N–H and O–H groups in total. The molecule has 0 aliphatic heterocycles. The van der Waals surface area contributed by atoms with Crippen LogP contribution in [0.4, 0.5) is 0 Å². The summed E-state index contributed by atoms with van der Waals surface area (Å²) in [4.78, 5) is 29.3. The van der Waals surface area contributed by atoms with E-state index in [2.05, 4.69) is 10.0 Å². The lowest BCUT2D eigenvalue weighted by molar-refractivity contribution is -0.141. The third kappa shape index (κ3) is 10.2. The molecule has 3 aromatic carbocycles. The summed E-state index contributed by atoms with van der Waals surface area (Å²) in [6.07, 6.45) is 1.27. The second kappa shape index (κ2) is 16.4. The van der Waals surface area contributed by atoms with Crippen molar-refractivity contribution in [2.75, 3.05) is 19.7 Å². The summed E-state index contributed by atoms with van der Waals surface area (Å²) >= 11 is 6.10. The minimum Gasteiger partial charge on any atom is -0.379 e. The van der Waals surface area contributed by atoms with Crippen LogP contribution in [0.5, 0.6) is 0 Å². The van der Waals surface area contributed by atoms with E-state index in [1.165, 1.54) is 12.1 Å². The second-order valence-electron chi connectivity index (χ2n) is 10.2. The van der Waals surface area contributed by atoms with Crippen LogP contribution in [0, 0.1) is 0 Å². The molecule has 0 radical (unpaired) electrons. The van der Waals surface area contributed by atoms with E-state index in [1.54, 1.807) is 36.1 Å². The molecule has 8 nitrogen and oxygen atoms in total. The molecule has 0 heterocycles. The summed E-state index contributed by atoms with van der Waals surface area (Å²) in [5.41, 5.74) is 2.36. The Hall–Kier alpha value is -3.24. The lowest BCUT2D eigenvalue weighted by Gasteiger charge is -2.32. The smallest absolute Gasteiger partial charge is 0.247 e. The maximum atomic E-state index is 13.9. The molecule has 0 bridgehead atoms. The van der Waals surface area contributed by atoms with Crippen molar-refractivity contribution >= 4 is 33.4 Å². The van der Waals surface area contributed by atoms with Gasteiger partial charge in [0, 0.05) is 37.7 Å². The molecule has 0 fully saturated rings. The molecule has 0 unspecified atom stereocenters. The van der Waals surface area contributed by atoms with E-state index in [4.69, 9.17) is 16.3 Å². The highest BCUT2D eigenvalue weighted by Gasteiger charge is 2.31. The maximum Gasteiger partial charge on any atom is 0.247 e. The minimum atomic E-state index is -3.56. The Balaban J connectivity index is 1.83. The van der Waals surface area contributed by atoms with Crippen molar-refractivity contribution in [2.45, 2.75) is 63.6 Å². The van der Waals surface area contributed by atoms with Crippen LogP contribution in [0.15, 0.2) is 83.8 Å². The summed E-state index contributed by atoms with van der Waals surface area (Å²) in [6, 6.07) is 22.1. The highest BCUT2D eigenvalue weighted by molar-refractivity contribution is 7.89. The first kappa shape index (κ1) is 33.3. The molecular weight excluding hydrogens is 574 g/mol. The molecule has 3 rings (SSSR count). The third-order valence-corrected chi connectivity index (χ3v) is 8.34. The quantitative estimate of drug-likeness (QED) is 0.214. The number of aryl methyl sites for hydroxylation is 1. The Labute approximate surface area is 254 Å². The molecule has 0 aromatic heterocycles. The molecule has 0 saturated carbocycles. The van der Waals surface area contributed by atoms with Crippen molar-refractivity contribution in [3.8, 4) is 0 Å². The fraction of sp³-hybridized carbons (Fsp3) is 0.375. The van der Waals surface area contributed by atoms with E-state index in [0.29, 0.717) is 43.1 Å². The van der Waals surface area contributed by atoms with E-state index in [9.17, 15) is 18.0 Å². The first-order chi connectivity index (χ1) is 20.1. The molecule has 2 amide bonds. The number of nitrogens with zero attached hydrogens (tertiary/aromatic N) is 1. The molecule has 0 aliphatic carbocycles. The van der Waals surface area contributed by atoms with Crippen LogP contribution in [0.2, 0.25) is 5.02 Å². The average molecular weight is 614 g/mol. The van der Waals surface area contributed by atoms with Gasteiger partial charge in [-0.05, 0) is 67.6 Å². The highest BCUT2D eigenvalue weighted by atomic mass is 35.5. The zero-order valence-corrected chi connectivity index (χ0v) is 26.0. The average Bonchev–Trinajstić information content (AvgIpc) is 2.97. The zero-order chi connectivity index (χ0) is 30.5. The molecular formula is C32H40ClN3O5S. The number of ether oxygens (including phenoxy) is 1. The van der Waals surface area contributed by atoms with Crippen molar-refractivity contribution in [1.29, 1.82) is 0 Å². The Morgan fingerprint density at radius 2 is 1.57 bits per heavy atom. The van der Waals surface area contributed by atoms with E-state index in [0.717, 1.165) is 11.1 Å². The van der Waals surface area contributed by atoms with Crippen LogP contribution in [-0.4, -0.2) is 50.9 Å². The number of amides is 2. The largest absolute Gasteiger partial charge is 0.379 e. The van der Waals surface area contributed by atoms with Gasteiger partial charge >= 0.3 is 0 Å². The topological polar surface area (TPSA) is 105 Å². The third-order valence-electron chi connectivity index (χ3n) is 6.53. The fourth-order valence-electron chi connectivity index (χ4n) is 4.42. The summed E-state index contributed by atoms with van der Waals surface area (Å²) in [7, 11) is -3.56. The number of carbonyl (C=O) groups is 2. The van der Waals surface area contributed by atoms with Gasteiger partial charge in [-0.1, -0.05) is 73.1 Å².